The van der Waals surface area contributed by atoms with Crippen molar-refractivity contribution in [2.75, 3.05) is 25.0 Å². The number of piperidine rings is 1. The van der Waals surface area contributed by atoms with Crippen LogP contribution in [0.5, 0.6) is 5.75 Å². The molecule has 26 heavy (non-hydrogen) atoms. The van der Waals surface area contributed by atoms with E-state index in [0.29, 0.717) is 18.7 Å². The van der Waals surface area contributed by atoms with Crippen molar-refractivity contribution in [1.29, 1.82) is 0 Å². The summed E-state index contributed by atoms with van der Waals surface area (Å²) in [6.45, 7) is 2.39. The van der Waals surface area contributed by atoms with Gasteiger partial charge in [-0.3, -0.25) is 9.89 Å². The van der Waals surface area contributed by atoms with Crippen LogP contribution in [0.15, 0.2) is 30.6 Å². The molecule has 4 rings (SSSR count). The van der Waals surface area contributed by atoms with Crippen LogP contribution in [0, 0.1) is 0 Å². The number of aryl methyl sites for hydroxylation is 1. The number of β-amino-alcohol motifs (C(OH)–C–C–N with tert-alkyl or cyclic N) is 1. The van der Waals surface area contributed by atoms with Gasteiger partial charge in [-0.2, -0.15) is 5.10 Å². The monoisotopic (exact) mass is 356 g/mol. The summed E-state index contributed by atoms with van der Waals surface area (Å²) in [6.07, 6.45) is 5.97. The lowest BCUT2D eigenvalue weighted by atomic mass is 10.0. The number of hydrogen-bond acceptors (Lipinski definition) is 5. The Kier molecular flexibility index (Phi) is 4.90. The van der Waals surface area contributed by atoms with Crippen molar-refractivity contribution in [3.05, 3.63) is 41.7 Å². The smallest absolute Gasteiger partial charge is 0.224 e. The molecule has 0 bridgehead atoms. The van der Waals surface area contributed by atoms with Crippen molar-refractivity contribution in [1.82, 2.24) is 15.1 Å². The van der Waals surface area contributed by atoms with Gasteiger partial charge in [0.25, 0.3) is 0 Å². The Labute approximate surface area is 152 Å². The van der Waals surface area contributed by atoms with E-state index >= 15 is 0 Å². The maximum absolute atomic E-state index is 11.6. The number of benzene rings is 1. The van der Waals surface area contributed by atoms with Gasteiger partial charge in [0, 0.05) is 44.0 Å². The van der Waals surface area contributed by atoms with Crippen LogP contribution in [0.1, 0.15) is 24.0 Å². The second-order valence-electron chi connectivity index (χ2n) is 7.04. The van der Waals surface area contributed by atoms with Crippen molar-refractivity contribution in [3.8, 4) is 5.75 Å². The summed E-state index contributed by atoms with van der Waals surface area (Å²) < 4.78 is 6.02. The number of amides is 1. The standard InChI is InChI=1S/C19H24N4O3/c24-17-12-23(7-5-13-10-20-21-11-13)8-6-18(17)26-15-3-1-14-2-4-19(25)22-16(14)9-15/h1,3,9-11,17-18,24H,2,4-8,12H2,(H,20,21)(H,22,25)/t17-,18-/m1/s1. The van der Waals surface area contributed by atoms with E-state index in [-0.39, 0.29) is 12.0 Å². The minimum Gasteiger partial charge on any atom is -0.488 e. The molecule has 2 aliphatic rings. The second-order valence-corrected chi connectivity index (χ2v) is 7.04. The quantitative estimate of drug-likeness (QED) is 0.752. The number of carbonyl (C=O) groups is 1. The van der Waals surface area contributed by atoms with E-state index in [4.69, 9.17) is 4.74 Å². The number of rotatable bonds is 5. The van der Waals surface area contributed by atoms with Crippen LogP contribution in [0.4, 0.5) is 5.69 Å². The third-order valence-electron chi connectivity index (χ3n) is 5.14. The summed E-state index contributed by atoms with van der Waals surface area (Å²) in [6, 6.07) is 5.79. The molecule has 0 unspecified atom stereocenters. The first kappa shape index (κ1) is 17.1. The van der Waals surface area contributed by atoms with E-state index in [0.717, 1.165) is 43.6 Å². The zero-order chi connectivity index (χ0) is 17.9. The van der Waals surface area contributed by atoms with Crippen LogP contribution in [0.2, 0.25) is 0 Å². The predicted molar refractivity (Wildman–Crippen MR) is 97.2 cm³/mol. The Balaban J connectivity index is 1.32. The van der Waals surface area contributed by atoms with Crippen LogP contribution >= 0.6 is 0 Å². The molecule has 1 saturated heterocycles. The number of aliphatic hydroxyl groups excluding tert-OH is 1. The van der Waals surface area contributed by atoms with Crippen molar-refractivity contribution in [2.24, 2.45) is 0 Å². The molecule has 2 atom stereocenters. The van der Waals surface area contributed by atoms with Crippen LogP contribution in [-0.4, -0.2) is 58.0 Å². The molecule has 3 heterocycles. The number of nitrogens with zero attached hydrogens (tertiary/aromatic N) is 2. The lowest BCUT2D eigenvalue weighted by Crippen LogP contribution is -2.49. The van der Waals surface area contributed by atoms with Crippen LogP contribution < -0.4 is 10.1 Å². The number of H-pyrrole nitrogens is 1. The highest BCUT2D eigenvalue weighted by atomic mass is 16.5. The maximum atomic E-state index is 11.6. The van der Waals surface area contributed by atoms with E-state index in [9.17, 15) is 9.90 Å². The van der Waals surface area contributed by atoms with E-state index in [2.05, 4.69) is 20.4 Å². The number of aliphatic hydroxyl groups is 1. The van der Waals surface area contributed by atoms with Crippen molar-refractivity contribution < 1.29 is 14.6 Å². The van der Waals surface area contributed by atoms with E-state index in [1.165, 1.54) is 5.56 Å². The normalized spacial score (nSPS) is 23.3. The van der Waals surface area contributed by atoms with Gasteiger partial charge < -0.3 is 20.1 Å². The first-order valence-electron chi connectivity index (χ1n) is 9.15. The molecule has 0 radical (unpaired) electrons. The molecule has 1 fully saturated rings. The highest BCUT2D eigenvalue weighted by molar-refractivity contribution is 5.94. The second kappa shape index (κ2) is 7.47. The molecule has 2 aromatic rings. The number of likely N-dealkylation sites (tertiary alicyclic amines) is 1. The summed E-state index contributed by atoms with van der Waals surface area (Å²) in [5.41, 5.74) is 3.13. The molecular weight excluding hydrogens is 332 g/mol. The third kappa shape index (κ3) is 3.89. The van der Waals surface area contributed by atoms with Gasteiger partial charge in [-0.05, 0) is 36.5 Å². The first-order valence-corrected chi connectivity index (χ1v) is 9.15. The van der Waals surface area contributed by atoms with Crippen molar-refractivity contribution in [2.45, 2.75) is 37.9 Å². The third-order valence-corrected chi connectivity index (χ3v) is 5.14. The highest BCUT2D eigenvalue weighted by Gasteiger charge is 2.29. The van der Waals surface area contributed by atoms with Gasteiger partial charge in [0.15, 0.2) is 0 Å². The summed E-state index contributed by atoms with van der Waals surface area (Å²) in [5, 5.41) is 20.1. The molecule has 1 amide bonds. The number of anilines is 1. The van der Waals surface area contributed by atoms with E-state index in [1.54, 1.807) is 0 Å². The maximum Gasteiger partial charge on any atom is 0.224 e. The predicted octanol–water partition coefficient (Wildman–Crippen LogP) is 1.35. The molecular formula is C19H24N4O3. The fourth-order valence-corrected chi connectivity index (χ4v) is 3.62. The summed E-state index contributed by atoms with van der Waals surface area (Å²) in [4.78, 5) is 13.8. The SMILES string of the molecule is O=C1CCc2ccc(O[C@@H]3CCN(CCc4cn[nH]c4)C[C@H]3O)cc2N1. The zero-order valence-electron chi connectivity index (χ0n) is 14.6. The highest BCUT2D eigenvalue weighted by Crippen LogP contribution is 2.29. The van der Waals surface area contributed by atoms with Crippen LogP contribution in [0.25, 0.3) is 0 Å². The van der Waals surface area contributed by atoms with Gasteiger partial charge in [-0.15, -0.1) is 0 Å². The number of ether oxygens (including phenoxy) is 1. The molecule has 3 N–H and O–H groups in total. The van der Waals surface area contributed by atoms with Gasteiger partial charge in [-0.25, -0.2) is 0 Å². The van der Waals surface area contributed by atoms with Gasteiger partial charge >= 0.3 is 0 Å². The minimum absolute atomic E-state index is 0.0422. The number of aromatic amines is 1. The van der Waals surface area contributed by atoms with Crippen LogP contribution in [-0.2, 0) is 17.6 Å². The van der Waals surface area contributed by atoms with Gasteiger partial charge in [0.1, 0.15) is 18.0 Å². The fourth-order valence-electron chi connectivity index (χ4n) is 3.62. The Morgan fingerprint density at radius 3 is 3.08 bits per heavy atom. The molecule has 1 aromatic heterocycles. The summed E-state index contributed by atoms with van der Waals surface area (Å²) in [7, 11) is 0. The summed E-state index contributed by atoms with van der Waals surface area (Å²) in [5.74, 6) is 0.738. The Bertz CT molecular complexity index is 762. The zero-order valence-corrected chi connectivity index (χ0v) is 14.6. The molecule has 0 aliphatic carbocycles. The van der Waals surface area contributed by atoms with Gasteiger partial charge in [0.05, 0.1) is 6.20 Å². The molecule has 0 saturated carbocycles. The molecule has 138 valence electrons. The molecule has 1 aromatic carbocycles. The topological polar surface area (TPSA) is 90.5 Å². The Morgan fingerprint density at radius 2 is 2.27 bits per heavy atom. The average molecular weight is 356 g/mol. The van der Waals surface area contributed by atoms with Crippen molar-refractivity contribution >= 4 is 11.6 Å². The molecule has 0 spiro atoms. The van der Waals surface area contributed by atoms with Crippen LogP contribution in [0.3, 0.4) is 0 Å². The lowest BCUT2D eigenvalue weighted by molar-refractivity contribution is -0.116. The van der Waals surface area contributed by atoms with E-state index < -0.39 is 6.10 Å². The average Bonchev–Trinajstić information content (AvgIpc) is 3.15. The number of aromatic nitrogens is 2. The fraction of sp³-hybridized carbons (Fsp3) is 0.474. The van der Waals surface area contributed by atoms with Crippen molar-refractivity contribution in [3.63, 3.8) is 0 Å². The minimum atomic E-state index is -0.529. The lowest BCUT2D eigenvalue weighted by Gasteiger charge is -2.36. The molecule has 7 heteroatoms. The number of carbonyl (C=O) groups excluding carboxylic acids is 1. The van der Waals surface area contributed by atoms with Gasteiger partial charge in [-0.1, -0.05) is 6.07 Å². The van der Waals surface area contributed by atoms with Gasteiger partial charge in [0.2, 0.25) is 5.91 Å². The Hall–Kier alpha value is -2.38. The largest absolute Gasteiger partial charge is 0.488 e. The molecule has 7 nitrogen and oxygen atoms in total. The number of nitrogens with one attached hydrogen (secondary N) is 2. The number of hydrogen-bond donors (Lipinski definition) is 3. The van der Waals surface area contributed by atoms with E-state index in [1.807, 2.05) is 30.6 Å². The first-order chi connectivity index (χ1) is 12.7. The number of fused-ring (bicyclic) bond motifs is 1. The molecule has 2 aliphatic heterocycles. The Morgan fingerprint density at radius 1 is 1.35 bits per heavy atom. The summed E-state index contributed by atoms with van der Waals surface area (Å²) >= 11 is 0.